The first-order valence-electron chi connectivity index (χ1n) is 21.7. The third-order valence-electron chi connectivity index (χ3n) is 9.40. The summed E-state index contributed by atoms with van der Waals surface area (Å²) in [6, 6.07) is -0.721. The van der Waals surface area contributed by atoms with Gasteiger partial charge in [0.15, 0.2) is 0 Å². The summed E-state index contributed by atoms with van der Waals surface area (Å²) in [4.78, 5) is 25.9. The Morgan fingerprint density at radius 3 is 1.62 bits per heavy atom. The highest BCUT2D eigenvalue weighted by Crippen LogP contribution is 2.16. The van der Waals surface area contributed by atoms with Crippen molar-refractivity contribution in [1.82, 2.24) is 5.32 Å². The number of aliphatic hydroxyl groups is 2. The number of amides is 1. The highest BCUT2D eigenvalue weighted by molar-refractivity contribution is 5.77. The predicted molar refractivity (Wildman–Crippen MR) is 227 cm³/mol. The molecule has 0 aromatic heterocycles. The molecule has 304 valence electrons. The van der Waals surface area contributed by atoms with Crippen LogP contribution in [-0.2, 0) is 14.3 Å². The lowest BCUT2D eigenvalue weighted by molar-refractivity contribution is -0.151. The fourth-order valence-electron chi connectivity index (χ4n) is 6.10. The smallest absolute Gasteiger partial charge is 0.306 e. The van der Waals surface area contributed by atoms with E-state index in [2.05, 4.69) is 44.3 Å². The topological polar surface area (TPSA) is 95.9 Å². The van der Waals surface area contributed by atoms with E-state index in [-0.39, 0.29) is 24.9 Å². The van der Waals surface area contributed by atoms with Gasteiger partial charge in [0.05, 0.1) is 25.2 Å². The van der Waals surface area contributed by atoms with Gasteiger partial charge in [0.2, 0.25) is 5.91 Å². The molecule has 0 rings (SSSR count). The van der Waals surface area contributed by atoms with Crippen molar-refractivity contribution in [2.24, 2.45) is 0 Å². The summed E-state index contributed by atoms with van der Waals surface area (Å²) in [5.41, 5.74) is 0. The van der Waals surface area contributed by atoms with Crippen LogP contribution in [0.4, 0.5) is 0 Å². The highest BCUT2D eigenvalue weighted by Gasteiger charge is 2.24. The van der Waals surface area contributed by atoms with Crippen LogP contribution in [0, 0.1) is 0 Å². The quantitative estimate of drug-likeness (QED) is 0.0255. The Morgan fingerprint density at radius 2 is 1.04 bits per heavy atom. The third kappa shape index (κ3) is 36.1. The minimum Gasteiger partial charge on any atom is -0.462 e. The predicted octanol–water partition coefficient (Wildman–Crippen LogP) is 12.3. The number of aliphatic hydroxyl groups excluding tert-OH is 2. The van der Waals surface area contributed by atoms with E-state index in [1.54, 1.807) is 0 Å². The molecule has 0 aliphatic carbocycles. The Bertz CT molecular complexity index is 1010. The lowest BCUT2D eigenvalue weighted by Gasteiger charge is -2.24. The molecule has 0 aromatic carbocycles. The maximum atomic E-state index is 13.1. The molecule has 0 saturated heterocycles. The fourth-order valence-corrected chi connectivity index (χ4v) is 6.10. The largest absolute Gasteiger partial charge is 0.462 e. The van der Waals surface area contributed by atoms with Crippen molar-refractivity contribution in [3.05, 3.63) is 72.9 Å². The summed E-state index contributed by atoms with van der Waals surface area (Å²) in [7, 11) is 0. The normalized spacial score (nSPS) is 14.1. The minimum absolute atomic E-state index is 0.0348. The number of hydrogen-bond acceptors (Lipinski definition) is 5. The lowest BCUT2D eigenvalue weighted by atomic mass is 10.0. The van der Waals surface area contributed by atoms with Gasteiger partial charge in [-0.2, -0.15) is 0 Å². The van der Waals surface area contributed by atoms with Gasteiger partial charge in [-0.1, -0.05) is 184 Å². The van der Waals surface area contributed by atoms with Gasteiger partial charge in [-0.3, -0.25) is 9.59 Å². The van der Waals surface area contributed by atoms with Gasteiger partial charge in [0.1, 0.15) is 6.10 Å². The van der Waals surface area contributed by atoms with E-state index in [1.165, 1.54) is 70.6 Å². The zero-order chi connectivity index (χ0) is 38.9. The third-order valence-corrected chi connectivity index (χ3v) is 9.40. The van der Waals surface area contributed by atoms with Crippen LogP contribution in [0.1, 0.15) is 188 Å². The van der Waals surface area contributed by atoms with Crippen LogP contribution in [0.3, 0.4) is 0 Å². The molecule has 0 aliphatic rings. The molecule has 0 saturated carbocycles. The maximum absolute atomic E-state index is 13.1. The molecule has 0 aliphatic heterocycles. The summed E-state index contributed by atoms with van der Waals surface area (Å²) in [5, 5.41) is 23.6. The second-order valence-electron chi connectivity index (χ2n) is 14.5. The number of unbranched alkanes of at least 4 members (excludes halogenated alkanes) is 17. The monoisotopic (exact) mass is 740 g/mol. The van der Waals surface area contributed by atoms with Crippen molar-refractivity contribution in [3.63, 3.8) is 0 Å². The van der Waals surface area contributed by atoms with Gasteiger partial charge in [-0.15, -0.1) is 0 Å². The number of esters is 1. The minimum atomic E-state index is -0.803. The van der Waals surface area contributed by atoms with Crippen molar-refractivity contribution in [3.8, 4) is 0 Å². The second-order valence-corrected chi connectivity index (χ2v) is 14.5. The number of rotatable bonds is 37. The Morgan fingerprint density at radius 1 is 0.566 bits per heavy atom. The highest BCUT2D eigenvalue weighted by atomic mass is 16.5. The standard InChI is InChI=1S/C47H81NO5/c1-4-7-10-13-16-19-22-23-25-28-31-34-37-40-47(52)53-43(38-35-32-29-26-21-18-15-12-9-6-3)41-46(51)48-44(42-49)45(50)39-36-33-30-27-24-20-17-14-11-8-5-2/h7,10,13,16,18-19,21-23,25,28,31,43-45,49-50H,4-6,8-9,11-12,14-15,17,20,24,26-27,29-30,32-42H2,1-3H3,(H,48,51)/b10-7+,16-13+,21-18-,22-19-,25-23-,31-28+. The number of nitrogens with one attached hydrogen (secondary N) is 1. The first-order chi connectivity index (χ1) is 26.0. The Kier molecular flexibility index (Phi) is 38.4. The van der Waals surface area contributed by atoms with Gasteiger partial charge < -0.3 is 20.3 Å². The number of allylic oxidation sites excluding steroid dienone is 12. The van der Waals surface area contributed by atoms with Crippen LogP contribution in [0.5, 0.6) is 0 Å². The average Bonchev–Trinajstić information content (AvgIpc) is 3.15. The summed E-state index contributed by atoms with van der Waals surface area (Å²) < 4.78 is 5.83. The summed E-state index contributed by atoms with van der Waals surface area (Å²) in [6.45, 7) is 6.25. The molecule has 6 nitrogen and oxygen atoms in total. The van der Waals surface area contributed by atoms with Crippen LogP contribution < -0.4 is 5.32 Å². The van der Waals surface area contributed by atoms with E-state index >= 15 is 0 Å². The molecular formula is C47H81NO5. The maximum Gasteiger partial charge on any atom is 0.306 e. The van der Waals surface area contributed by atoms with Gasteiger partial charge in [-0.25, -0.2) is 0 Å². The van der Waals surface area contributed by atoms with Gasteiger partial charge in [0, 0.05) is 6.42 Å². The molecular weight excluding hydrogens is 659 g/mol. The van der Waals surface area contributed by atoms with E-state index in [0.717, 1.165) is 64.2 Å². The molecule has 0 aromatic rings. The van der Waals surface area contributed by atoms with Crippen LogP contribution >= 0.6 is 0 Å². The van der Waals surface area contributed by atoms with Gasteiger partial charge >= 0.3 is 5.97 Å². The second kappa shape index (κ2) is 40.5. The molecule has 3 N–H and O–H groups in total. The Balaban J connectivity index is 4.73. The zero-order valence-corrected chi connectivity index (χ0v) is 34.4. The van der Waals surface area contributed by atoms with E-state index < -0.39 is 18.2 Å². The number of hydrogen-bond donors (Lipinski definition) is 3. The van der Waals surface area contributed by atoms with Crippen molar-refractivity contribution >= 4 is 11.9 Å². The number of ether oxygens (including phenoxy) is 1. The van der Waals surface area contributed by atoms with E-state index in [0.29, 0.717) is 25.7 Å². The molecule has 0 radical (unpaired) electrons. The van der Waals surface area contributed by atoms with Crippen LogP contribution in [-0.4, -0.2) is 46.9 Å². The van der Waals surface area contributed by atoms with Crippen LogP contribution in [0.25, 0.3) is 0 Å². The molecule has 0 spiro atoms. The van der Waals surface area contributed by atoms with E-state index in [4.69, 9.17) is 4.74 Å². The first-order valence-corrected chi connectivity index (χ1v) is 21.7. The molecule has 53 heavy (non-hydrogen) atoms. The van der Waals surface area contributed by atoms with Gasteiger partial charge in [0.25, 0.3) is 0 Å². The molecule has 0 heterocycles. The molecule has 0 bridgehead atoms. The summed E-state index contributed by atoms with van der Waals surface area (Å²) in [6.07, 6.45) is 49.6. The number of carbonyl (C=O) groups excluding carboxylic acids is 2. The zero-order valence-electron chi connectivity index (χ0n) is 34.4. The van der Waals surface area contributed by atoms with E-state index in [9.17, 15) is 19.8 Å². The SMILES string of the molecule is CC/C=C/C=C/C=C\C=C/C=C/CCCC(=O)OC(CCCCC/C=C\CCCCC)CC(=O)NC(CO)C(O)CCCCCCCCCCCCC. The lowest BCUT2D eigenvalue weighted by Crippen LogP contribution is -2.46. The first kappa shape index (κ1) is 50.3. The van der Waals surface area contributed by atoms with Gasteiger partial charge in [-0.05, 0) is 64.2 Å². The Labute approximate surface area is 326 Å². The van der Waals surface area contributed by atoms with Crippen molar-refractivity contribution in [2.45, 2.75) is 206 Å². The van der Waals surface area contributed by atoms with Crippen molar-refractivity contribution in [2.75, 3.05) is 6.61 Å². The average molecular weight is 740 g/mol. The number of carbonyl (C=O) groups is 2. The molecule has 3 unspecified atom stereocenters. The molecule has 6 heteroatoms. The molecule has 1 amide bonds. The Hall–Kier alpha value is -2.70. The molecule has 3 atom stereocenters. The van der Waals surface area contributed by atoms with Crippen molar-refractivity contribution < 1.29 is 24.5 Å². The van der Waals surface area contributed by atoms with E-state index in [1.807, 2.05) is 54.7 Å². The van der Waals surface area contributed by atoms with Crippen LogP contribution in [0.2, 0.25) is 0 Å². The summed E-state index contributed by atoms with van der Waals surface area (Å²) >= 11 is 0. The van der Waals surface area contributed by atoms with Crippen molar-refractivity contribution in [1.29, 1.82) is 0 Å². The molecule has 0 fully saturated rings. The summed E-state index contributed by atoms with van der Waals surface area (Å²) in [5.74, 6) is -0.588. The van der Waals surface area contributed by atoms with Crippen LogP contribution in [0.15, 0.2) is 72.9 Å². The fraction of sp³-hybridized carbons (Fsp3) is 0.702.